The fraction of sp³-hybridized carbons (Fsp3) is 0.357. The van der Waals surface area contributed by atoms with Crippen molar-refractivity contribution in [3.05, 3.63) is 49.6 Å². The lowest BCUT2D eigenvalue weighted by Crippen LogP contribution is -2.19. The van der Waals surface area contributed by atoms with Gasteiger partial charge in [0.25, 0.3) is 0 Å². The first-order chi connectivity index (χ1) is 9.01. The van der Waals surface area contributed by atoms with Gasteiger partial charge in [0.15, 0.2) is 0 Å². The summed E-state index contributed by atoms with van der Waals surface area (Å²) in [6.45, 7) is 4.02. The van der Waals surface area contributed by atoms with E-state index in [9.17, 15) is 4.39 Å². The predicted molar refractivity (Wildman–Crippen MR) is 81.2 cm³/mol. The SMILES string of the molecule is CNC(Cc1cc(F)ccc1Br)c1sc(C)nc1C. The maximum atomic E-state index is 13.3. The highest BCUT2D eigenvalue weighted by Crippen LogP contribution is 2.29. The molecule has 0 amide bonds. The van der Waals surface area contributed by atoms with Crippen molar-refractivity contribution in [3.8, 4) is 0 Å². The van der Waals surface area contributed by atoms with E-state index in [2.05, 4.69) is 26.2 Å². The zero-order valence-electron chi connectivity index (χ0n) is 11.1. The van der Waals surface area contributed by atoms with Crippen LogP contribution in [0.5, 0.6) is 0 Å². The molecule has 102 valence electrons. The van der Waals surface area contributed by atoms with Crippen molar-refractivity contribution in [2.24, 2.45) is 0 Å². The molecule has 2 nitrogen and oxygen atoms in total. The second-order valence-corrected chi connectivity index (χ2v) is 6.55. The first-order valence-corrected chi connectivity index (χ1v) is 7.67. The van der Waals surface area contributed by atoms with E-state index in [1.165, 1.54) is 10.9 Å². The van der Waals surface area contributed by atoms with E-state index in [1.807, 2.05) is 20.9 Å². The molecule has 1 atom stereocenters. The van der Waals surface area contributed by atoms with E-state index in [-0.39, 0.29) is 11.9 Å². The second-order valence-electron chi connectivity index (χ2n) is 4.46. The molecule has 0 radical (unpaired) electrons. The average Bonchev–Trinajstić information content (AvgIpc) is 2.69. The van der Waals surface area contributed by atoms with E-state index >= 15 is 0 Å². The Morgan fingerprint density at radius 3 is 2.74 bits per heavy atom. The van der Waals surface area contributed by atoms with E-state index in [0.717, 1.165) is 27.2 Å². The van der Waals surface area contributed by atoms with Gasteiger partial charge in [-0.25, -0.2) is 9.37 Å². The van der Waals surface area contributed by atoms with E-state index < -0.39 is 0 Å². The zero-order valence-corrected chi connectivity index (χ0v) is 13.5. The Kier molecular flexibility index (Phi) is 4.71. The highest BCUT2D eigenvalue weighted by molar-refractivity contribution is 9.10. The zero-order chi connectivity index (χ0) is 14.0. The summed E-state index contributed by atoms with van der Waals surface area (Å²) in [6.07, 6.45) is 0.733. The fourth-order valence-corrected chi connectivity index (χ4v) is 3.56. The molecule has 0 bridgehead atoms. The second kappa shape index (κ2) is 6.11. The summed E-state index contributed by atoms with van der Waals surface area (Å²) in [7, 11) is 1.92. The number of hydrogen-bond acceptors (Lipinski definition) is 3. The van der Waals surface area contributed by atoms with Gasteiger partial charge in [-0.1, -0.05) is 15.9 Å². The van der Waals surface area contributed by atoms with Crippen LogP contribution < -0.4 is 5.32 Å². The molecule has 0 spiro atoms. The first-order valence-electron chi connectivity index (χ1n) is 6.06. The summed E-state index contributed by atoms with van der Waals surface area (Å²) in [5, 5.41) is 4.36. The average molecular weight is 343 g/mol. The largest absolute Gasteiger partial charge is 0.312 e. The maximum Gasteiger partial charge on any atom is 0.123 e. The molecule has 0 saturated heterocycles. The van der Waals surface area contributed by atoms with Gasteiger partial charge in [0.05, 0.1) is 10.7 Å². The number of aryl methyl sites for hydroxylation is 2. The van der Waals surface area contributed by atoms with Gasteiger partial charge in [-0.05, 0) is 51.1 Å². The van der Waals surface area contributed by atoms with Crippen LogP contribution >= 0.6 is 27.3 Å². The quantitative estimate of drug-likeness (QED) is 0.902. The van der Waals surface area contributed by atoms with Crippen LogP contribution in [0.1, 0.15) is 27.2 Å². The number of nitrogens with zero attached hydrogens (tertiary/aromatic N) is 1. The first kappa shape index (κ1) is 14.6. The minimum Gasteiger partial charge on any atom is -0.312 e. The predicted octanol–water partition coefficient (Wildman–Crippen LogP) is 4.16. The molecule has 2 rings (SSSR count). The minimum absolute atomic E-state index is 0.157. The van der Waals surface area contributed by atoms with Crippen LogP contribution in [-0.4, -0.2) is 12.0 Å². The number of rotatable bonds is 4. The molecule has 1 aromatic carbocycles. The van der Waals surface area contributed by atoms with Crippen LogP contribution in [0.15, 0.2) is 22.7 Å². The molecule has 0 aliphatic heterocycles. The van der Waals surface area contributed by atoms with Crippen molar-refractivity contribution in [3.63, 3.8) is 0 Å². The van der Waals surface area contributed by atoms with Gasteiger partial charge in [-0.3, -0.25) is 0 Å². The lowest BCUT2D eigenvalue weighted by Gasteiger charge is -2.16. The summed E-state index contributed by atoms with van der Waals surface area (Å²) >= 11 is 5.17. The number of hydrogen-bond donors (Lipinski definition) is 1. The van der Waals surface area contributed by atoms with E-state index in [4.69, 9.17) is 0 Å². The number of benzene rings is 1. The smallest absolute Gasteiger partial charge is 0.123 e. The molecule has 19 heavy (non-hydrogen) atoms. The molecule has 0 aliphatic rings. The fourth-order valence-electron chi connectivity index (χ4n) is 2.12. The van der Waals surface area contributed by atoms with Gasteiger partial charge in [0.1, 0.15) is 5.82 Å². The van der Waals surface area contributed by atoms with Crippen LogP contribution in [0.4, 0.5) is 4.39 Å². The van der Waals surface area contributed by atoms with Crippen molar-refractivity contribution in [2.75, 3.05) is 7.05 Å². The highest BCUT2D eigenvalue weighted by atomic mass is 79.9. The lowest BCUT2D eigenvalue weighted by molar-refractivity contribution is 0.587. The third-order valence-corrected chi connectivity index (χ3v) is 5.00. The summed E-state index contributed by atoms with van der Waals surface area (Å²) in [5.41, 5.74) is 2.01. The molecule has 1 aromatic heterocycles. The lowest BCUT2D eigenvalue weighted by atomic mass is 10.0. The summed E-state index contributed by atoms with van der Waals surface area (Å²) in [6, 6.07) is 4.95. The molecule has 0 aliphatic carbocycles. The number of aromatic nitrogens is 1. The molecule has 1 N–H and O–H groups in total. The monoisotopic (exact) mass is 342 g/mol. The Balaban J connectivity index is 2.29. The van der Waals surface area contributed by atoms with Crippen LogP contribution in [0.3, 0.4) is 0 Å². The molecule has 5 heteroatoms. The number of halogens is 2. The Bertz CT molecular complexity index is 583. The molecular formula is C14H16BrFN2S. The third kappa shape index (κ3) is 3.41. The third-order valence-electron chi connectivity index (χ3n) is 3.04. The van der Waals surface area contributed by atoms with Gasteiger partial charge >= 0.3 is 0 Å². The normalized spacial score (nSPS) is 12.7. The van der Waals surface area contributed by atoms with Crippen molar-refractivity contribution in [2.45, 2.75) is 26.3 Å². The standard InChI is InChI=1S/C14H16BrFN2S/c1-8-14(19-9(2)18-8)13(17-3)7-10-6-11(16)4-5-12(10)15/h4-6,13,17H,7H2,1-3H3. The van der Waals surface area contributed by atoms with Crippen molar-refractivity contribution < 1.29 is 4.39 Å². The van der Waals surface area contributed by atoms with Gasteiger partial charge < -0.3 is 5.32 Å². The Morgan fingerprint density at radius 1 is 1.42 bits per heavy atom. The Hall–Kier alpha value is -0.780. The van der Waals surface area contributed by atoms with E-state index in [1.54, 1.807) is 23.5 Å². The summed E-state index contributed by atoms with van der Waals surface area (Å²) in [5.74, 6) is -0.203. The van der Waals surface area contributed by atoms with Gasteiger partial charge in [-0.15, -0.1) is 11.3 Å². The van der Waals surface area contributed by atoms with Crippen LogP contribution in [-0.2, 0) is 6.42 Å². The van der Waals surface area contributed by atoms with E-state index in [0.29, 0.717) is 0 Å². The summed E-state index contributed by atoms with van der Waals surface area (Å²) < 4.78 is 14.3. The number of likely N-dealkylation sites (N-methyl/N-ethyl adjacent to an activating group) is 1. The van der Waals surface area contributed by atoms with Gasteiger partial charge in [0, 0.05) is 15.4 Å². The van der Waals surface area contributed by atoms with Crippen molar-refractivity contribution >= 4 is 27.3 Å². The Morgan fingerprint density at radius 2 is 2.16 bits per heavy atom. The minimum atomic E-state index is -0.203. The Labute approximate surface area is 125 Å². The molecule has 1 unspecified atom stereocenters. The topological polar surface area (TPSA) is 24.9 Å². The highest BCUT2D eigenvalue weighted by Gasteiger charge is 2.17. The van der Waals surface area contributed by atoms with Crippen LogP contribution in [0, 0.1) is 19.7 Å². The number of thiazole rings is 1. The van der Waals surface area contributed by atoms with Gasteiger partial charge in [0.2, 0.25) is 0 Å². The molecule has 1 heterocycles. The number of nitrogens with one attached hydrogen (secondary N) is 1. The van der Waals surface area contributed by atoms with Crippen LogP contribution in [0.2, 0.25) is 0 Å². The maximum absolute atomic E-state index is 13.3. The molecule has 0 fully saturated rings. The summed E-state index contributed by atoms with van der Waals surface area (Å²) in [4.78, 5) is 5.67. The van der Waals surface area contributed by atoms with Crippen molar-refractivity contribution in [1.29, 1.82) is 0 Å². The molecule has 2 aromatic rings. The van der Waals surface area contributed by atoms with Crippen molar-refractivity contribution in [1.82, 2.24) is 10.3 Å². The molecule has 0 saturated carbocycles. The molecular weight excluding hydrogens is 327 g/mol. The van der Waals surface area contributed by atoms with Gasteiger partial charge in [-0.2, -0.15) is 0 Å². The van der Waals surface area contributed by atoms with Crippen LogP contribution in [0.25, 0.3) is 0 Å².